The number of carbonyl (C=O) groups excluding carboxylic acids is 2. The minimum atomic E-state index is -2.29. The number of imide groups is 1. The maximum Gasteiger partial charge on any atom is 0.417 e. The second-order valence-electron chi connectivity index (χ2n) is 8.82. The molecule has 2 aliphatic rings. The molecule has 1 aromatic carbocycles. The molecule has 2 amide bonds. The smallest absolute Gasteiger partial charge is 0.417 e. The zero-order valence-corrected chi connectivity index (χ0v) is 16.5. The van der Waals surface area contributed by atoms with Crippen LogP contribution in [0.1, 0.15) is 58.9 Å². The number of hydrogen-bond acceptors (Lipinski definition) is 4. The van der Waals surface area contributed by atoms with Crippen LogP contribution in [-0.2, 0) is 9.53 Å². The number of aromatic hydroxyl groups is 1. The van der Waals surface area contributed by atoms with Crippen LogP contribution in [0.4, 0.5) is 9.18 Å². The number of phenols is 1. The summed E-state index contributed by atoms with van der Waals surface area (Å²) in [5.41, 5.74) is -2.60. The maximum absolute atomic E-state index is 16.1. The van der Waals surface area contributed by atoms with Crippen LogP contribution in [0.25, 0.3) is 0 Å². The molecule has 1 aromatic rings. The van der Waals surface area contributed by atoms with Crippen LogP contribution < -0.4 is 0 Å². The average Bonchev–Trinajstić information content (AvgIpc) is 3.31. The largest absolute Gasteiger partial charge is 0.508 e. The normalized spacial score (nSPS) is 25.2. The van der Waals surface area contributed by atoms with Crippen molar-refractivity contribution in [1.82, 2.24) is 4.90 Å². The van der Waals surface area contributed by atoms with E-state index < -0.39 is 35.2 Å². The lowest BCUT2D eigenvalue weighted by Crippen LogP contribution is -2.55. The summed E-state index contributed by atoms with van der Waals surface area (Å²) in [5.74, 6) is -1.62. The van der Waals surface area contributed by atoms with Crippen molar-refractivity contribution in [3.05, 3.63) is 29.8 Å². The van der Waals surface area contributed by atoms with Gasteiger partial charge in [-0.05, 0) is 63.1 Å². The summed E-state index contributed by atoms with van der Waals surface area (Å²) < 4.78 is 21.5. The first-order valence-electron chi connectivity index (χ1n) is 9.51. The lowest BCUT2D eigenvalue weighted by molar-refractivity contribution is -0.144. The molecule has 0 aromatic heterocycles. The van der Waals surface area contributed by atoms with Gasteiger partial charge in [0.15, 0.2) is 5.67 Å². The van der Waals surface area contributed by atoms with Gasteiger partial charge in [0, 0.05) is 5.92 Å². The average molecular weight is 377 g/mol. The van der Waals surface area contributed by atoms with E-state index in [4.69, 9.17) is 4.74 Å². The van der Waals surface area contributed by atoms with Gasteiger partial charge < -0.3 is 9.84 Å². The first kappa shape index (κ1) is 19.6. The Bertz CT molecular complexity index is 754. The van der Waals surface area contributed by atoms with Gasteiger partial charge in [0.2, 0.25) is 0 Å². The number of carbonyl (C=O) groups is 2. The van der Waals surface area contributed by atoms with Crippen molar-refractivity contribution >= 4 is 12.0 Å². The second kappa shape index (κ2) is 6.50. The molecule has 1 aliphatic carbocycles. The number of benzene rings is 1. The van der Waals surface area contributed by atoms with Gasteiger partial charge in [-0.15, -0.1) is 0 Å². The van der Waals surface area contributed by atoms with Gasteiger partial charge in [-0.3, -0.25) is 4.79 Å². The number of phenolic OH excluding ortho intramolecular Hbond substituents is 1. The highest BCUT2D eigenvalue weighted by molar-refractivity contribution is 5.99. The molecule has 3 rings (SSSR count). The van der Waals surface area contributed by atoms with Crippen LogP contribution in [-0.4, -0.2) is 39.3 Å². The summed E-state index contributed by atoms with van der Waals surface area (Å²) in [6, 6.07) is 5.84. The van der Waals surface area contributed by atoms with Crippen LogP contribution in [0, 0.1) is 11.8 Å². The number of ether oxygens (including phenoxy) is 1. The first-order chi connectivity index (χ1) is 12.5. The summed E-state index contributed by atoms with van der Waals surface area (Å²) in [6.07, 6.45) is 0.839. The van der Waals surface area contributed by atoms with Crippen molar-refractivity contribution in [2.45, 2.75) is 70.7 Å². The number of alkyl halides is 1. The Balaban J connectivity index is 1.99. The molecule has 1 saturated carbocycles. The Hall–Kier alpha value is -2.11. The van der Waals surface area contributed by atoms with Crippen molar-refractivity contribution in [1.29, 1.82) is 0 Å². The van der Waals surface area contributed by atoms with Crippen molar-refractivity contribution in [2.75, 3.05) is 0 Å². The Morgan fingerprint density at radius 3 is 2.52 bits per heavy atom. The third-order valence-electron chi connectivity index (χ3n) is 5.71. The predicted molar refractivity (Wildman–Crippen MR) is 99.1 cm³/mol. The lowest BCUT2D eigenvalue weighted by atomic mass is 9.79. The van der Waals surface area contributed by atoms with E-state index in [9.17, 15) is 14.7 Å². The number of amides is 2. The molecule has 3 atom stereocenters. The Morgan fingerprint density at radius 2 is 2.00 bits per heavy atom. The molecule has 0 radical (unpaired) electrons. The lowest BCUT2D eigenvalue weighted by Gasteiger charge is -2.36. The topological polar surface area (TPSA) is 66.8 Å². The molecule has 1 saturated heterocycles. The Kier molecular flexibility index (Phi) is 4.73. The fourth-order valence-electron chi connectivity index (χ4n) is 4.61. The summed E-state index contributed by atoms with van der Waals surface area (Å²) in [5, 5.41) is 9.81. The van der Waals surface area contributed by atoms with Gasteiger partial charge >= 0.3 is 6.09 Å². The van der Waals surface area contributed by atoms with E-state index in [2.05, 4.69) is 0 Å². The summed E-state index contributed by atoms with van der Waals surface area (Å²) in [7, 11) is 0. The zero-order chi connectivity index (χ0) is 20.1. The number of rotatable bonds is 5. The van der Waals surface area contributed by atoms with Crippen molar-refractivity contribution < 1.29 is 23.8 Å². The molecule has 3 unspecified atom stereocenters. The highest BCUT2D eigenvalue weighted by Crippen LogP contribution is 2.51. The fourth-order valence-corrected chi connectivity index (χ4v) is 4.61. The SMILES string of the molecule is CC(C)C1N(C(=O)C(C)(F)C(c2cccc(O)c2)C2CC2)C(=O)OC1(C)C. The second-order valence-corrected chi connectivity index (χ2v) is 8.82. The van der Waals surface area contributed by atoms with E-state index in [1.165, 1.54) is 19.1 Å². The van der Waals surface area contributed by atoms with Gasteiger partial charge in [0.25, 0.3) is 5.91 Å². The number of nitrogens with zero attached hydrogens (tertiary/aromatic N) is 1. The van der Waals surface area contributed by atoms with Gasteiger partial charge in [0.1, 0.15) is 11.4 Å². The zero-order valence-electron chi connectivity index (χ0n) is 16.5. The predicted octanol–water partition coefficient (Wildman–Crippen LogP) is 4.40. The highest BCUT2D eigenvalue weighted by atomic mass is 19.1. The van der Waals surface area contributed by atoms with E-state index in [0.717, 1.165) is 17.7 Å². The van der Waals surface area contributed by atoms with E-state index in [0.29, 0.717) is 5.56 Å². The minimum absolute atomic E-state index is 0.00915. The van der Waals surface area contributed by atoms with Crippen molar-refractivity contribution in [3.8, 4) is 5.75 Å². The van der Waals surface area contributed by atoms with Gasteiger partial charge in [0.05, 0.1) is 6.04 Å². The standard InChI is InChI=1S/C21H28FNO4/c1-12(2)17-20(3,4)27-19(26)23(17)18(25)21(5,22)16(13-9-10-13)14-7-6-8-15(24)11-14/h6-8,11-13,16-17,24H,9-10H2,1-5H3. The summed E-state index contributed by atoms with van der Waals surface area (Å²) in [6.45, 7) is 8.51. The Labute approximate surface area is 159 Å². The molecule has 0 spiro atoms. The van der Waals surface area contributed by atoms with E-state index >= 15 is 4.39 Å². The molecule has 5 nitrogen and oxygen atoms in total. The van der Waals surface area contributed by atoms with Crippen molar-refractivity contribution in [2.24, 2.45) is 11.8 Å². The maximum atomic E-state index is 16.1. The molecule has 6 heteroatoms. The molecule has 27 heavy (non-hydrogen) atoms. The highest BCUT2D eigenvalue weighted by Gasteiger charge is 2.59. The van der Waals surface area contributed by atoms with E-state index in [1.807, 2.05) is 13.8 Å². The van der Waals surface area contributed by atoms with Crippen LogP contribution >= 0.6 is 0 Å². The van der Waals surface area contributed by atoms with Gasteiger partial charge in [-0.2, -0.15) is 0 Å². The fraction of sp³-hybridized carbons (Fsp3) is 0.619. The first-order valence-corrected chi connectivity index (χ1v) is 9.51. The molecular weight excluding hydrogens is 349 g/mol. The molecule has 0 bridgehead atoms. The number of halogens is 1. The monoisotopic (exact) mass is 377 g/mol. The van der Waals surface area contributed by atoms with Crippen LogP contribution in [0.15, 0.2) is 24.3 Å². The summed E-state index contributed by atoms with van der Waals surface area (Å²) in [4.78, 5) is 26.7. The molecule has 1 N–H and O–H groups in total. The van der Waals surface area contributed by atoms with Crippen LogP contribution in [0.2, 0.25) is 0 Å². The van der Waals surface area contributed by atoms with Gasteiger partial charge in [-0.25, -0.2) is 14.1 Å². The molecule has 148 valence electrons. The van der Waals surface area contributed by atoms with E-state index in [1.54, 1.807) is 26.0 Å². The van der Waals surface area contributed by atoms with Crippen LogP contribution in [0.3, 0.4) is 0 Å². The third-order valence-corrected chi connectivity index (χ3v) is 5.71. The number of hydrogen-bond donors (Lipinski definition) is 1. The molecular formula is C21H28FNO4. The Morgan fingerprint density at radius 1 is 1.37 bits per heavy atom. The number of cyclic esters (lactones) is 1. The quantitative estimate of drug-likeness (QED) is 0.826. The molecule has 1 aliphatic heterocycles. The summed E-state index contributed by atoms with van der Waals surface area (Å²) >= 11 is 0. The minimum Gasteiger partial charge on any atom is -0.508 e. The molecule has 2 fully saturated rings. The van der Waals surface area contributed by atoms with Crippen LogP contribution in [0.5, 0.6) is 5.75 Å². The third kappa shape index (κ3) is 3.42. The van der Waals surface area contributed by atoms with E-state index in [-0.39, 0.29) is 17.6 Å². The van der Waals surface area contributed by atoms with Gasteiger partial charge in [-0.1, -0.05) is 26.0 Å². The molecule has 1 heterocycles. The van der Waals surface area contributed by atoms with Crippen molar-refractivity contribution in [3.63, 3.8) is 0 Å².